The van der Waals surface area contributed by atoms with Crippen LogP contribution in [0.2, 0.25) is 0 Å². The van der Waals surface area contributed by atoms with Crippen molar-refractivity contribution in [2.45, 2.75) is 58.5 Å². The quantitative estimate of drug-likeness (QED) is 0.877. The second kappa shape index (κ2) is 4.65. The Morgan fingerprint density at radius 2 is 2.00 bits per heavy atom. The van der Waals surface area contributed by atoms with E-state index < -0.39 is 5.60 Å². The maximum Gasteiger partial charge on any atom is 0.0855 e. The third-order valence-electron chi connectivity index (χ3n) is 4.30. The van der Waals surface area contributed by atoms with Crippen LogP contribution in [0.25, 0.3) is 0 Å². The summed E-state index contributed by atoms with van der Waals surface area (Å²) in [5.74, 6) is 0.722. The number of aliphatic hydroxyl groups is 1. The first-order valence-corrected chi connectivity index (χ1v) is 6.86. The van der Waals surface area contributed by atoms with E-state index >= 15 is 0 Å². The third-order valence-corrected chi connectivity index (χ3v) is 4.30. The lowest BCUT2D eigenvalue weighted by Gasteiger charge is -2.41. The number of rotatable bonds is 2. The summed E-state index contributed by atoms with van der Waals surface area (Å²) >= 11 is 0. The minimum absolute atomic E-state index is 0.355. The molecule has 0 unspecified atom stereocenters. The molecule has 0 aliphatic heterocycles. The van der Waals surface area contributed by atoms with Gasteiger partial charge in [-0.05, 0) is 37.0 Å². The standard InChI is InChI=1S/C14H25N3O/c1-13(2,3)11-5-7-14(18,8-6-11)9-12-10-17(4)16-15-12/h10-11,18H,5-9H2,1-4H3. The van der Waals surface area contributed by atoms with Gasteiger partial charge in [-0.15, -0.1) is 5.10 Å². The average Bonchev–Trinajstić information content (AvgIpc) is 2.62. The SMILES string of the molecule is Cn1cc(CC2(O)CCC(C(C)(C)C)CC2)nn1. The van der Waals surface area contributed by atoms with Gasteiger partial charge in [0.2, 0.25) is 0 Å². The van der Waals surface area contributed by atoms with Crippen molar-refractivity contribution in [1.29, 1.82) is 0 Å². The zero-order valence-corrected chi connectivity index (χ0v) is 12.0. The van der Waals surface area contributed by atoms with Crippen molar-refractivity contribution >= 4 is 0 Å². The predicted molar refractivity (Wildman–Crippen MR) is 71.1 cm³/mol. The summed E-state index contributed by atoms with van der Waals surface area (Å²) in [6.07, 6.45) is 6.52. The van der Waals surface area contributed by atoms with Gasteiger partial charge in [-0.2, -0.15) is 0 Å². The molecule has 4 heteroatoms. The summed E-state index contributed by atoms with van der Waals surface area (Å²) < 4.78 is 1.69. The molecule has 1 heterocycles. The van der Waals surface area contributed by atoms with Gasteiger partial charge in [0.05, 0.1) is 11.3 Å². The normalized spacial score (nSPS) is 29.5. The van der Waals surface area contributed by atoms with Gasteiger partial charge in [0.25, 0.3) is 0 Å². The van der Waals surface area contributed by atoms with Gasteiger partial charge >= 0.3 is 0 Å². The maximum atomic E-state index is 10.6. The highest BCUT2D eigenvalue weighted by Crippen LogP contribution is 2.42. The van der Waals surface area contributed by atoms with Crippen LogP contribution >= 0.6 is 0 Å². The van der Waals surface area contributed by atoms with Crippen LogP contribution in [-0.2, 0) is 13.5 Å². The van der Waals surface area contributed by atoms with Gasteiger partial charge in [0.15, 0.2) is 0 Å². The van der Waals surface area contributed by atoms with E-state index in [0.717, 1.165) is 37.3 Å². The molecule has 2 rings (SSSR count). The highest BCUT2D eigenvalue weighted by atomic mass is 16.3. The summed E-state index contributed by atoms with van der Waals surface area (Å²) in [6, 6.07) is 0. The van der Waals surface area contributed by atoms with E-state index in [-0.39, 0.29) is 0 Å². The van der Waals surface area contributed by atoms with Crippen LogP contribution in [-0.4, -0.2) is 25.7 Å². The Morgan fingerprint density at radius 3 is 2.44 bits per heavy atom. The molecule has 4 nitrogen and oxygen atoms in total. The zero-order chi connectivity index (χ0) is 13.4. The van der Waals surface area contributed by atoms with E-state index in [2.05, 4.69) is 31.1 Å². The van der Waals surface area contributed by atoms with Gasteiger partial charge in [-0.1, -0.05) is 26.0 Å². The fraction of sp³-hybridized carbons (Fsp3) is 0.857. The van der Waals surface area contributed by atoms with Crippen LogP contribution in [0.3, 0.4) is 0 Å². The fourth-order valence-electron chi connectivity index (χ4n) is 3.01. The number of aromatic nitrogens is 3. The van der Waals surface area contributed by atoms with E-state index in [9.17, 15) is 5.11 Å². The Morgan fingerprint density at radius 1 is 1.39 bits per heavy atom. The fourth-order valence-corrected chi connectivity index (χ4v) is 3.01. The predicted octanol–water partition coefficient (Wildman–Crippen LogP) is 2.33. The van der Waals surface area contributed by atoms with E-state index in [1.165, 1.54) is 0 Å². The van der Waals surface area contributed by atoms with E-state index in [4.69, 9.17) is 0 Å². The van der Waals surface area contributed by atoms with Crippen molar-refractivity contribution in [2.24, 2.45) is 18.4 Å². The van der Waals surface area contributed by atoms with Crippen LogP contribution in [0.1, 0.15) is 52.1 Å². The van der Waals surface area contributed by atoms with Crippen molar-refractivity contribution in [1.82, 2.24) is 15.0 Å². The van der Waals surface area contributed by atoms with Crippen LogP contribution in [0.4, 0.5) is 0 Å². The molecule has 102 valence electrons. The van der Waals surface area contributed by atoms with Crippen molar-refractivity contribution in [3.63, 3.8) is 0 Å². The lowest BCUT2D eigenvalue weighted by molar-refractivity contribution is -0.0251. The number of aryl methyl sites for hydroxylation is 1. The number of hydrogen-bond donors (Lipinski definition) is 1. The van der Waals surface area contributed by atoms with Crippen molar-refractivity contribution in [2.75, 3.05) is 0 Å². The number of hydrogen-bond acceptors (Lipinski definition) is 3. The van der Waals surface area contributed by atoms with Crippen LogP contribution in [0, 0.1) is 11.3 Å². The molecule has 0 aromatic carbocycles. The molecule has 0 saturated heterocycles. The number of nitrogens with zero attached hydrogens (tertiary/aromatic N) is 3. The second-order valence-electron chi connectivity index (χ2n) is 6.92. The summed E-state index contributed by atoms with van der Waals surface area (Å²) in [7, 11) is 1.86. The Balaban J connectivity index is 1.95. The summed E-state index contributed by atoms with van der Waals surface area (Å²) in [5.41, 5.74) is 0.681. The highest BCUT2D eigenvalue weighted by Gasteiger charge is 2.37. The zero-order valence-electron chi connectivity index (χ0n) is 12.0. The molecule has 0 atom stereocenters. The Kier molecular flexibility index (Phi) is 3.49. The first-order valence-electron chi connectivity index (χ1n) is 6.86. The van der Waals surface area contributed by atoms with Gasteiger partial charge in [-0.3, -0.25) is 4.68 Å². The molecule has 0 spiro atoms. The smallest absolute Gasteiger partial charge is 0.0855 e. The molecule has 1 aromatic heterocycles. The Labute approximate surface area is 109 Å². The largest absolute Gasteiger partial charge is 0.389 e. The first kappa shape index (κ1) is 13.5. The first-order chi connectivity index (χ1) is 8.28. The molecular formula is C14H25N3O. The van der Waals surface area contributed by atoms with Crippen molar-refractivity contribution in [3.8, 4) is 0 Å². The lowest BCUT2D eigenvalue weighted by Crippen LogP contribution is -2.39. The second-order valence-corrected chi connectivity index (χ2v) is 6.92. The van der Waals surface area contributed by atoms with E-state index in [1.807, 2.05) is 13.2 Å². The molecule has 18 heavy (non-hydrogen) atoms. The van der Waals surface area contributed by atoms with Crippen molar-refractivity contribution in [3.05, 3.63) is 11.9 Å². The molecule has 1 aromatic rings. The van der Waals surface area contributed by atoms with Gasteiger partial charge in [-0.25, -0.2) is 0 Å². The Hall–Kier alpha value is -0.900. The molecular weight excluding hydrogens is 226 g/mol. The van der Waals surface area contributed by atoms with Crippen LogP contribution < -0.4 is 0 Å². The van der Waals surface area contributed by atoms with Gasteiger partial charge < -0.3 is 5.11 Å². The Bertz CT molecular complexity index is 397. The lowest BCUT2D eigenvalue weighted by atomic mass is 9.67. The molecule has 1 N–H and O–H groups in total. The van der Waals surface area contributed by atoms with Gasteiger partial charge in [0, 0.05) is 19.7 Å². The van der Waals surface area contributed by atoms with Crippen LogP contribution in [0.5, 0.6) is 0 Å². The van der Waals surface area contributed by atoms with Gasteiger partial charge in [0.1, 0.15) is 0 Å². The minimum atomic E-state index is -0.572. The third kappa shape index (κ3) is 3.10. The molecule has 1 saturated carbocycles. The molecule has 1 aliphatic carbocycles. The summed E-state index contributed by atoms with van der Waals surface area (Å²) in [4.78, 5) is 0. The molecule has 1 fully saturated rings. The maximum absolute atomic E-state index is 10.6. The monoisotopic (exact) mass is 251 g/mol. The summed E-state index contributed by atoms with van der Waals surface area (Å²) in [6.45, 7) is 6.89. The molecule has 1 aliphatic rings. The highest BCUT2D eigenvalue weighted by molar-refractivity contribution is 5.01. The summed E-state index contributed by atoms with van der Waals surface area (Å²) in [5, 5.41) is 18.6. The molecule has 0 amide bonds. The molecule has 0 bridgehead atoms. The van der Waals surface area contributed by atoms with E-state index in [0.29, 0.717) is 11.8 Å². The van der Waals surface area contributed by atoms with Crippen LogP contribution in [0.15, 0.2) is 6.20 Å². The minimum Gasteiger partial charge on any atom is -0.389 e. The topological polar surface area (TPSA) is 50.9 Å². The molecule has 0 radical (unpaired) electrons. The van der Waals surface area contributed by atoms with E-state index in [1.54, 1.807) is 4.68 Å². The average molecular weight is 251 g/mol. The van der Waals surface area contributed by atoms with Crippen molar-refractivity contribution < 1.29 is 5.11 Å².